The van der Waals surface area contributed by atoms with Crippen LogP contribution in [0.5, 0.6) is 0 Å². The molecule has 7 heteroatoms. The molecule has 94 valence electrons. The van der Waals surface area contributed by atoms with Crippen LogP contribution in [0.2, 0.25) is 0 Å². The number of esters is 2. The summed E-state index contributed by atoms with van der Waals surface area (Å²) in [6.45, 7) is 4.04. The zero-order valence-electron chi connectivity index (χ0n) is 9.60. The van der Waals surface area contributed by atoms with Crippen LogP contribution in [-0.2, 0) is 14.3 Å². The number of hydrogen-bond acceptors (Lipinski definition) is 7. The van der Waals surface area contributed by atoms with E-state index in [0.29, 0.717) is 6.61 Å². The number of hydrogen-bond donors (Lipinski definition) is 0. The number of carbonyl (C=O) groups excluding carboxylic acids is 2. The van der Waals surface area contributed by atoms with E-state index in [1.54, 1.807) is 13.8 Å². The Morgan fingerprint density at radius 2 is 2.06 bits per heavy atom. The lowest BCUT2D eigenvalue weighted by molar-refractivity contribution is -0.139. The van der Waals surface area contributed by atoms with Gasteiger partial charge in [-0.15, -0.1) is 0 Å². The molecule has 0 saturated heterocycles. The summed E-state index contributed by atoms with van der Waals surface area (Å²) in [6, 6.07) is 0. The predicted molar refractivity (Wildman–Crippen MR) is 59.8 cm³/mol. The Bertz CT molecular complexity index is 390. The zero-order valence-corrected chi connectivity index (χ0v) is 10.4. The topological polar surface area (TPSA) is 78.6 Å². The van der Waals surface area contributed by atoms with E-state index in [0.717, 1.165) is 11.8 Å². The Morgan fingerprint density at radius 3 is 2.71 bits per heavy atom. The predicted octanol–water partition coefficient (Wildman–Crippen LogP) is 1.51. The standard InChI is InChI=1S/C10H13NO5S/c1-3-14-8(12)6-17-10-11-7(5-16-10)9(13)15-4-2/h5H,3-4,6H2,1-2H3. The molecule has 0 aromatic carbocycles. The molecule has 0 fully saturated rings. The minimum atomic E-state index is -0.542. The van der Waals surface area contributed by atoms with Crippen molar-refractivity contribution in [2.24, 2.45) is 0 Å². The highest BCUT2D eigenvalue weighted by molar-refractivity contribution is 7.99. The molecule has 6 nitrogen and oxygen atoms in total. The molecule has 0 saturated carbocycles. The second-order valence-electron chi connectivity index (χ2n) is 2.81. The summed E-state index contributed by atoms with van der Waals surface area (Å²) < 4.78 is 14.5. The van der Waals surface area contributed by atoms with E-state index in [-0.39, 0.29) is 29.2 Å². The molecule has 1 aromatic rings. The SMILES string of the molecule is CCOC(=O)CSc1nc(C(=O)OCC)co1. The van der Waals surface area contributed by atoms with E-state index in [2.05, 4.69) is 4.98 Å². The van der Waals surface area contributed by atoms with Gasteiger partial charge in [0.15, 0.2) is 5.69 Å². The lowest BCUT2D eigenvalue weighted by Crippen LogP contribution is -2.07. The van der Waals surface area contributed by atoms with Crippen molar-refractivity contribution in [1.29, 1.82) is 0 Å². The maximum absolute atomic E-state index is 11.3. The average Bonchev–Trinajstić information content (AvgIpc) is 2.76. The van der Waals surface area contributed by atoms with E-state index in [4.69, 9.17) is 13.9 Å². The largest absolute Gasteiger partial charge is 0.465 e. The van der Waals surface area contributed by atoms with Crippen LogP contribution in [0.3, 0.4) is 0 Å². The number of oxazole rings is 1. The fourth-order valence-corrected chi connectivity index (χ4v) is 1.55. The fraction of sp³-hybridized carbons (Fsp3) is 0.500. The van der Waals surface area contributed by atoms with Crippen molar-refractivity contribution in [1.82, 2.24) is 4.98 Å². The molecule has 0 N–H and O–H groups in total. The van der Waals surface area contributed by atoms with Gasteiger partial charge in [0.25, 0.3) is 5.22 Å². The maximum atomic E-state index is 11.3. The number of ether oxygens (including phenoxy) is 2. The van der Waals surface area contributed by atoms with Crippen molar-refractivity contribution < 1.29 is 23.5 Å². The van der Waals surface area contributed by atoms with Gasteiger partial charge in [0.1, 0.15) is 12.0 Å². The normalized spacial score (nSPS) is 10.0. The van der Waals surface area contributed by atoms with Gasteiger partial charge in [-0.05, 0) is 13.8 Å². The number of thioether (sulfide) groups is 1. The molecular formula is C10H13NO5S. The molecule has 1 rings (SSSR count). The smallest absolute Gasteiger partial charge is 0.360 e. The van der Waals surface area contributed by atoms with Crippen LogP contribution in [-0.4, -0.2) is 35.9 Å². The van der Waals surface area contributed by atoms with Crippen LogP contribution >= 0.6 is 11.8 Å². The van der Waals surface area contributed by atoms with E-state index in [1.807, 2.05) is 0 Å². The van der Waals surface area contributed by atoms with Gasteiger partial charge in [-0.1, -0.05) is 11.8 Å². The first kappa shape index (κ1) is 13.6. The molecule has 0 aliphatic heterocycles. The summed E-state index contributed by atoms with van der Waals surface area (Å²) in [4.78, 5) is 26.2. The van der Waals surface area contributed by atoms with Crippen LogP contribution in [0, 0.1) is 0 Å². The van der Waals surface area contributed by atoms with Crippen molar-refractivity contribution in [2.75, 3.05) is 19.0 Å². The van der Waals surface area contributed by atoms with Gasteiger partial charge in [-0.2, -0.15) is 4.98 Å². The number of rotatable bonds is 6. The molecular weight excluding hydrogens is 246 g/mol. The van der Waals surface area contributed by atoms with Gasteiger partial charge in [-0.3, -0.25) is 4.79 Å². The zero-order chi connectivity index (χ0) is 12.7. The van der Waals surface area contributed by atoms with E-state index in [9.17, 15) is 9.59 Å². The van der Waals surface area contributed by atoms with Crippen molar-refractivity contribution in [2.45, 2.75) is 19.1 Å². The second-order valence-corrected chi connectivity index (χ2v) is 3.74. The molecule has 17 heavy (non-hydrogen) atoms. The van der Waals surface area contributed by atoms with Crippen LogP contribution in [0.15, 0.2) is 15.9 Å². The van der Waals surface area contributed by atoms with Gasteiger partial charge >= 0.3 is 11.9 Å². The summed E-state index contributed by atoms with van der Waals surface area (Å²) in [5.41, 5.74) is 0.0956. The Labute approximate surface area is 103 Å². The van der Waals surface area contributed by atoms with Gasteiger partial charge in [0, 0.05) is 0 Å². The van der Waals surface area contributed by atoms with Crippen LogP contribution in [0.25, 0.3) is 0 Å². The van der Waals surface area contributed by atoms with Gasteiger partial charge in [0.05, 0.1) is 13.2 Å². The van der Waals surface area contributed by atoms with Crippen LogP contribution in [0.1, 0.15) is 24.3 Å². The first-order valence-electron chi connectivity index (χ1n) is 5.08. The third-order valence-electron chi connectivity index (χ3n) is 1.59. The Morgan fingerprint density at radius 1 is 1.35 bits per heavy atom. The average molecular weight is 259 g/mol. The molecule has 0 aliphatic carbocycles. The summed E-state index contributed by atoms with van der Waals surface area (Å²) in [6.07, 6.45) is 1.20. The van der Waals surface area contributed by atoms with Crippen molar-refractivity contribution in [3.8, 4) is 0 Å². The number of nitrogens with zero attached hydrogens (tertiary/aromatic N) is 1. The molecule has 0 unspecified atom stereocenters. The third kappa shape index (κ3) is 4.48. The molecule has 0 spiro atoms. The molecule has 0 bridgehead atoms. The van der Waals surface area contributed by atoms with Gasteiger partial charge in [0.2, 0.25) is 0 Å². The molecule has 0 atom stereocenters. The van der Waals surface area contributed by atoms with Crippen LogP contribution < -0.4 is 0 Å². The first-order valence-corrected chi connectivity index (χ1v) is 6.07. The number of aromatic nitrogens is 1. The number of carbonyl (C=O) groups is 2. The lowest BCUT2D eigenvalue weighted by Gasteiger charge is -1.98. The monoisotopic (exact) mass is 259 g/mol. The van der Waals surface area contributed by atoms with Gasteiger partial charge in [-0.25, -0.2) is 4.79 Å². The van der Waals surface area contributed by atoms with E-state index in [1.165, 1.54) is 6.26 Å². The lowest BCUT2D eigenvalue weighted by atomic mass is 10.5. The van der Waals surface area contributed by atoms with Gasteiger partial charge < -0.3 is 13.9 Å². The van der Waals surface area contributed by atoms with E-state index < -0.39 is 5.97 Å². The minimum Gasteiger partial charge on any atom is -0.465 e. The van der Waals surface area contributed by atoms with E-state index >= 15 is 0 Å². The first-order chi connectivity index (χ1) is 8.17. The van der Waals surface area contributed by atoms with Crippen molar-refractivity contribution in [3.05, 3.63) is 12.0 Å². The highest BCUT2D eigenvalue weighted by Gasteiger charge is 2.14. The Kier molecular flexibility index (Phi) is 5.55. The highest BCUT2D eigenvalue weighted by Crippen LogP contribution is 2.17. The molecule has 1 heterocycles. The van der Waals surface area contributed by atoms with Crippen molar-refractivity contribution in [3.63, 3.8) is 0 Å². The Hall–Kier alpha value is -1.50. The maximum Gasteiger partial charge on any atom is 0.360 e. The fourth-order valence-electron chi connectivity index (χ4n) is 0.946. The highest BCUT2D eigenvalue weighted by atomic mass is 32.2. The summed E-state index contributed by atoms with van der Waals surface area (Å²) in [5, 5.41) is 0.237. The van der Waals surface area contributed by atoms with Crippen molar-refractivity contribution >= 4 is 23.7 Å². The quantitative estimate of drug-likeness (QED) is 0.566. The second kappa shape index (κ2) is 6.95. The summed E-state index contributed by atoms with van der Waals surface area (Å²) >= 11 is 1.06. The van der Waals surface area contributed by atoms with Crippen LogP contribution in [0.4, 0.5) is 0 Å². The Balaban J connectivity index is 2.45. The summed E-state index contributed by atoms with van der Waals surface area (Å²) in [5.74, 6) is -0.802. The molecule has 0 amide bonds. The third-order valence-corrected chi connectivity index (χ3v) is 2.40. The summed E-state index contributed by atoms with van der Waals surface area (Å²) in [7, 11) is 0. The minimum absolute atomic E-state index is 0.0939. The molecule has 0 radical (unpaired) electrons. The molecule has 1 aromatic heterocycles. The molecule has 0 aliphatic rings.